The van der Waals surface area contributed by atoms with E-state index >= 15 is 0 Å². The SMILES string of the molecule is COCC(O)CN(C)CC(O)c1ccc(F)c(F)c1. The third-order valence-corrected chi connectivity index (χ3v) is 2.69. The normalized spacial score (nSPS) is 14.7. The number of halogens is 2. The van der Waals surface area contributed by atoms with Gasteiger partial charge in [-0.1, -0.05) is 6.07 Å². The van der Waals surface area contributed by atoms with Crippen LogP contribution in [0.15, 0.2) is 18.2 Å². The largest absolute Gasteiger partial charge is 0.389 e. The molecule has 19 heavy (non-hydrogen) atoms. The van der Waals surface area contributed by atoms with E-state index in [9.17, 15) is 19.0 Å². The number of ether oxygens (including phenoxy) is 1. The van der Waals surface area contributed by atoms with Gasteiger partial charge in [-0.3, -0.25) is 0 Å². The molecule has 0 radical (unpaired) electrons. The fourth-order valence-corrected chi connectivity index (χ4v) is 1.80. The van der Waals surface area contributed by atoms with E-state index < -0.39 is 23.8 Å². The Kier molecular flexibility index (Phi) is 6.30. The Morgan fingerprint density at radius 2 is 1.89 bits per heavy atom. The third-order valence-electron chi connectivity index (χ3n) is 2.69. The number of aliphatic hydroxyl groups excluding tert-OH is 2. The van der Waals surface area contributed by atoms with Crippen LogP contribution in [0.25, 0.3) is 0 Å². The first-order valence-corrected chi connectivity index (χ1v) is 5.92. The van der Waals surface area contributed by atoms with Gasteiger partial charge in [0.15, 0.2) is 11.6 Å². The van der Waals surface area contributed by atoms with Crippen molar-refractivity contribution in [2.75, 3.05) is 33.9 Å². The summed E-state index contributed by atoms with van der Waals surface area (Å²) in [4.78, 5) is 1.69. The van der Waals surface area contributed by atoms with Gasteiger partial charge >= 0.3 is 0 Å². The summed E-state index contributed by atoms with van der Waals surface area (Å²) >= 11 is 0. The molecule has 0 saturated carbocycles. The van der Waals surface area contributed by atoms with E-state index in [-0.39, 0.29) is 13.2 Å². The zero-order valence-electron chi connectivity index (χ0n) is 11.0. The number of hydrogen-bond acceptors (Lipinski definition) is 4. The molecule has 2 unspecified atom stereocenters. The smallest absolute Gasteiger partial charge is 0.159 e. The summed E-state index contributed by atoms with van der Waals surface area (Å²) in [5.74, 6) is -1.93. The van der Waals surface area contributed by atoms with Crippen LogP contribution >= 0.6 is 0 Å². The van der Waals surface area contributed by atoms with Gasteiger partial charge < -0.3 is 19.8 Å². The first-order valence-electron chi connectivity index (χ1n) is 5.92. The predicted octanol–water partition coefficient (Wildman–Crippen LogP) is 0.937. The first-order chi connectivity index (χ1) is 8.93. The molecule has 0 aromatic heterocycles. The highest BCUT2D eigenvalue weighted by molar-refractivity contribution is 5.20. The second-order valence-corrected chi connectivity index (χ2v) is 4.52. The molecule has 0 fully saturated rings. The van der Waals surface area contributed by atoms with Gasteiger partial charge in [0.05, 0.1) is 18.8 Å². The minimum absolute atomic E-state index is 0.200. The molecule has 0 amide bonds. The van der Waals surface area contributed by atoms with Crippen molar-refractivity contribution in [1.82, 2.24) is 4.90 Å². The van der Waals surface area contributed by atoms with Gasteiger partial charge in [-0.15, -0.1) is 0 Å². The molecule has 4 nitrogen and oxygen atoms in total. The van der Waals surface area contributed by atoms with Crippen molar-refractivity contribution in [2.45, 2.75) is 12.2 Å². The molecule has 0 spiro atoms. The molecule has 0 aliphatic heterocycles. The van der Waals surface area contributed by atoms with Crippen LogP contribution in [-0.2, 0) is 4.74 Å². The molecule has 2 N–H and O–H groups in total. The Bertz CT molecular complexity index is 403. The molecule has 0 saturated heterocycles. The van der Waals surface area contributed by atoms with Gasteiger partial charge in [-0.2, -0.15) is 0 Å². The van der Waals surface area contributed by atoms with E-state index in [0.717, 1.165) is 12.1 Å². The van der Waals surface area contributed by atoms with Crippen molar-refractivity contribution in [3.63, 3.8) is 0 Å². The molecule has 0 heterocycles. The lowest BCUT2D eigenvalue weighted by Crippen LogP contribution is -2.34. The highest BCUT2D eigenvalue weighted by Crippen LogP contribution is 2.17. The maximum atomic E-state index is 13.0. The molecule has 108 valence electrons. The van der Waals surface area contributed by atoms with Gasteiger partial charge in [0, 0.05) is 20.2 Å². The summed E-state index contributed by atoms with van der Waals surface area (Å²) in [6.45, 7) is 0.714. The van der Waals surface area contributed by atoms with Crippen molar-refractivity contribution < 1.29 is 23.7 Å². The maximum absolute atomic E-state index is 13.0. The Balaban J connectivity index is 2.53. The molecular weight excluding hydrogens is 256 g/mol. The summed E-state index contributed by atoms with van der Waals surface area (Å²) < 4.78 is 30.6. The molecular formula is C13H19F2NO3. The Hall–Kier alpha value is -1.08. The van der Waals surface area contributed by atoms with Crippen LogP contribution in [-0.4, -0.2) is 55.1 Å². The van der Waals surface area contributed by atoms with Crippen molar-refractivity contribution in [3.8, 4) is 0 Å². The molecule has 1 aromatic rings. The summed E-state index contributed by atoms with van der Waals surface area (Å²) in [5, 5.41) is 19.4. The summed E-state index contributed by atoms with van der Waals surface area (Å²) in [6, 6.07) is 3.29. The minimum atomic E-state index is -0.987. The van der Waals surface area contributed by atoms with Crippen molar-refractivity contribution in [1.29, 1.82) is 0 Å². The van der Waals surface area contributed by atoms with E-state index in [1.165, 1.54) is 13.2 Å². The van der Waals surface area contributed by atoms with Crippen LogP contribution in [0, 0.1) is 11.6 Å². The van der Waals surface area contributed by atoms with Crippen LogP contribution in [0.2, 0.25) is 0 Å². The zero-order chi connectivity index (χ0) is 14.4. The minimum Gasteiger partial charge on any atom is -0.389 e. The van der Waals surface area contributed by atoms with Gasteiger partial charge in [0.1, 0.15) is 0 Å². The predicted molar refractivity (Wildman–Crippen MR) is 66.7 cm³/mol. The van der Waals surface area contributed by atoms with Gasteiger partial charge in [0.25, 0.3) is 0 Å². The highest BCUT2D eigenvalue weighted by Gasteiger charge is 2.15. The standard InChI is InChI=1S/C13H19F2NO3/c1-16(6-10(17)8-19-2)7-13(18)9-3-4-11(14)12(15)5-9/h3-5,10,13,17-18H,6-8H2,1-2H3. The topological polar surface area (TPSA) is 52.9 Å². The number of methoxy groups -OCH3 is 1. The van der Waals surface area contributed by atoms with Crippen LogP contribution in [0.1, 0.15) is 11.7 Å². The van der Waals surface area contributed by atoms with Crippen LogP contribution < -0.4 is 0 Å². The number of likely N-dealkylation sites (N-methyl/N-ethyl adjacent to an activating group) is 1. The molecule has 1 rings (SSSR count). The lowest BCUT2D eigenvalue weighted by molar-refractivity contribution is 0.0318. The van der Waals surface area contributed by atoms with E-state index in [0.29, 0.717) is 12.1 Å². The van der Waals surface area contributed by atoms with E-state index in [4.69, 9.17) is 4.74 Å². The quantitative estimate of drug-likeness (QED) is 0.777. The van der Waals surface area contributed by atoms with E-state index in [1.807, 2.05) is 0 Å². The van der Waals surface area contributed by atoms with Crippen molar-refractivity contribution in [3.05, 3.63) is 35.4 Å². The van der Waals surface area contributed by atoms with Gasteiger partial charge in [0.2, 0.25) is 0 Å². The molecule has 2 atom stereocenters. The van der Waals surface area contributed by atoms with Gasteiger partial charge in [-0.05, 0) is 24.7 Å². The summed E-state index contributed by atoms with van der Waals surface area (Å²) in [5.41, 5.74) is 0.298. The Labute approximate surface area is 111 Å². The fourth-order valence-electron chi connectivity index (χ4n) is 1.80. The summed E-state index contributed by atoms with van der Waals surface area (Å²) in [6.07, 6.45) is -1.61. The number of hydrogen-bond donors (Lipinski definition) is 2. The molecule has 6 heteroatoms. The van der Waals surface area contributed by atoms with Crippen LogP contribution in [0.3, 0.4) is 0 Å². The van der Waals surface area contributed by atoms with Crippen LogP contribution in [0.5, 0.6) is 0 Å². The zero-order valence-corrected chi connectivity index (χ0v) is 11.0. The third kappa shape index (κ3) is 5.20. The monoisotopic (exact) mass is 275 g/mol. The van der Waals surface area contributed by atoms with E-state index in [2.05, 4.69) is 0 Å². The molecule has 0 aliphatic carbocycles. The summed E-state index contributed by atoms with van der Waals surface area (Å²) in [7, 11) is 3.20. The Morgan fingerprint density at radius 1 is 1.21 bits per heavy atom. The number of aliphatic hydroxyl groups is 2. The van der Waals surface area contributed by atoms with Gasteiger partial charge in [-0.25, -0.2) is 8.78 Å². The van der Waals surface area contributed by atoms with Crippen molar-refractivity contribution >= 4 is 0 Å². The lowest BCUT2D eigenvalue weighted by atomic mass is 10.1. The second kappa shape index (κ2) is 7.49. The first kappa shape index (κ1) is 16.0. The number of benzene rings is 1. The number of nitrogens with zero attached hydrogens (tertiary/aromatic N) is 1. The Morgan fingerprint density at radius 3 is 2.47 bits per heavy atom. The molecule has 0 aliphatic rings. The fraction of sp³-hybridized carbons (Fsp3) is 0.538. The number of rotatable bonds is 7. The highest BCUT2D eigenvalue weighted by atomic mass is 19.2. The molecule has 0 bridgehead atoms. The molecule has 1 aromatic carbocycles. The van der Waals surface area contributed by atoms with Crippen LogP contribution in [0.4, 0.5) is 8.78 Å². The second-order valence-electron chi connectivity index (χ2n) is 4.52. The lowest BCUT2D eigenvalue weighted by Gasteiger charge is -2.23. The van der Waals surface area contributed by atoms with E-state index in [1.54, 1.807) is 11.9 Å². The average molecular weight is 275 g/mol. The van der Waals surface area contributed by atoms with Crippen molar-refractivity contribution in [2.24, 2.45) is 0 Å². The average Bonchev–Trinajstić information content (AvgIpc) is 2.32. The maximum Gasteiger partial charge on any atom is 0.159 e.